The zero-order valence-corrected chi connectivity index (χ0v) is 10.6. The summed E-state index contributed by atoms with van der Waals surface area (Å²) in [5.74, 6) is 0.612. The molecule has 1 unspecified atom stereocenters. The molecule has 0 heterocycles. The van der Waals surface area contributed by atoms with Crippen molar-refractivity contribution in [2.45, 2.75) is 39.4 Å². The Morgan fingerprint density at radius 1 is 1.19 bits per heavy atom. The lowest BCUT2D eigenvalue weighted by molar-refractivity contribution is -0.124. The molecule has 16 heavy (non-hydrogen) atoms. The van der Waals surface area contributed by atoms with Gasteiger partial charge in [-0.2, -0.15) is 13.2 Å². The number of alkyl halides is 3. The van der Waals surface area contributed by atoms with Crippen molar-refractivity contribution in [2.75, 3.05) is 26.7 Å². The van der Waals surface area contributed by atoms with E-state index in [2.05, 4.69) is 31.0 Å². The molecule has 0 saturated carbocycles. The second-order valence-electron chi connectivity index (χ2n) is 4.75. The quantitative estimate of drug-likeness (QED) is 0.688. The van der Waals surface area contributed by atoms with Crippen molar-refractivity contribution in [1.29, 1.82) is 0 Å². The van der Waals surface area contributed by atoms with Crippen molar-refractivity contribution in [2.24, 2.45) is 5.92 Å². The van der Waals surface area contributed by atoms with E-state index < -0.39 is 12.7 Å². The van der Waals surface area contributed by atoms with Crippen LogP contribution in [0.4, 0.5) is 13.2 Å². The van der Waals surface area contributed by atoms with Crippen LogP contribution in [0.25, 0.3) is 0 Å². The lowest BCUT2D eigenvalue weighted by Gasteiger charge is -2.26. The number of hydrogen-bond donors (Lipinski definition) is 1. The third kappa shape index (κ3) is 8.97. The molecule has 1 atom stereocenters. The minimum absolute atomic E-state index is 0.373. The van der Waals surface area contributed by atoms with Crippen LogP contribution in [0.3, 0.4) is 0 Å². The van der Waals surface area contributed by atoms with Gasteiger partial charge in [0.2, 0.25) is 0 Å². The minimum Gasteiger partial charge on any atom is -0.307 e. The largest absolute Gasteiger partial charge is 0.401 e. The van der Waals surface area contributed by atoms with Crippen LogP contribution in [0.5, 0.6) is 0 Å². The second-order valence-corrected chi connectivity index (χ2v) is 4.75. The Labute approximate surface area is 96.2 Å². The molecule has 0 bridgehead atoms. The molecule has 0 aromatic heterocycles. The lowest BCUT2D eigenvalue weighted by atomic mass is 10.0. The fourth-order valence-electron chi connectivity index (χ4n) is 1.57. The van der Waals surface area contributed by atoms with Crippen molar-refractivity contribution in [3.8, 4) is 0 Å². The maximum Gasteiger partial charge on any atom is 0.401 e. The van der Waals surface area contributed by atoms with E-state index in [0.717, 1.165) is 6.42 Å². The zero-order chi connectivity index (χ0) is 12.8. The molecule has 0 aliphatic rings. The molecule has 0 aliphatic heterocycles. The van der Waals surface area contributed by atoms with Crippen LogP contribution >= 0.6 is 0 Å². The monoisotopic (exact) mass is 240 g/mol. The highest BCUT2D eigenvalue weighted by atomic mass is 19.4. The van der Waals surface area contributed by atoms with Gasteiger partial charge in [0.05, 0.1) is 6.54 Å². The second kappa shape index (κ2) is 7.12. The van der Waals surface area contributed by atoms with Crippen LogP contribution in [-0.2, 0) is 0 Å². The Morgan fingerprint density at radius 2 is 1.75 bits per heavy atom. The molecule has 0 rings (SSSR count). The first-order valence-corrected chi connectivity index (χ1v) is 5.70. The van der Waals surface area contributed by atoms with Gasteiger partial charge in [0.15, 0.2) is 0 Å². The van der Waals surface area contributed by atoms with E-state index in [-0.39, 0.29) is 0 Å². The van der Waals surface area contributed by atoms with Gasteiger partial charge in [-0.1, -0.05) is 13.8 Å². The summed E-state index contributed by atoms with van der Waals surface area (Å²) in [6, 6.07) is 0.410. The topological polar surface area (TPSA) is 15.3 Å². The fraction of sp³-hybridized carbons (Fsp3) is 1.00. The average Bonchev–Trinajstić information content (AvgIpc) is 2.09. The van der Waals surface area contributed by atoms with Gasteiger partial charge in [0.1, 0.15) is 0 Å². The standard InChI is InChI=1S/C11H23F3N2/c1-9(2)7-10(3)16(4)6-5-15-8-11(12,13)14/h9-10,15H,5-8H2,1-4H3. The van der Waals surface area contributed by atoms with Gasteiger partial charge in [-0.3, -0.25) is 0 Å². The molecule has 0 aromatic carbocycles. The smallest absolute Gasteiger partial charge is 0.307 e. The maximum atomic E-state index is 11.8. The van der Waals surface area contributed by atoms with Crippen LogP contribution in [-0.4, -0.2) is 43.8 Å². The molecule has 0 amide bonds. The van der Waals surface area contributed by atoms with Crippen LogP contribution in [0, 0.1) is 5.92 Å². The Bertz CT molecular complexity index is 181. The predicted octanol–water partition coefficient (Wildman–Crippen LogP) is 2.50. The molecule has 1 N–H and O–H groups in total. The zero-order valence-electron chi connectivity index (χ0n) is 10.6. The molecule has 0 saturated heterocycles. The van der Waals surface area contributed by atoms with Crippen molar-refractivity contribution in [1.82, 2.24) is 10.2 Å². The SMILES string of the molecule is CC(C)CC(C)N(C)CCNCC(F)(F)F. The summed E-state index contributed by atoms with van der Waals surface area (Å²) >= 11 is 0. The third-order valence-electron chi connectivity index (χ3n) is 2.53. The van der Waals surface area contributed by atoms with Gasteiger partial charge in [-0.05, 0) is 26.3 Å². The van der Waals surface area contributed by atoms with E-state index in [4.69, 9.17) is 0 Å². The first-order chi connectivity index (χ1) is 7.22. The summed E-state index contributed by atoms with van der Waals surface area (Å²) < 4.78 is 35.5. The van der Waals surface area contributed by atoms with E-state index in [1.807, 2.05) is 7.05 Å². The first-order valence-electron chi connectivity index (χ1n) is 5.70. The number of nitrogens with one attached hydrogen (secondary N) is 1. The minimum atomic E-state index is -4.11. The molecule has 0 aliphatic carbocycles. The predicted molar refractivity (Wildman–Crippen MR) is 60.5 cm³/mol. The van der Waals surface area contributed by atoms with Gasteiger partial charge >= 0.3 is 6.18 Å². The summed E-state index contributed by atoms with van der Waals surface area (Å²) in [5, 5.41) is 2.40. The molecule has 98 valence electrons. The van der Waals surface area contributed by atoms with Crippen LogP contribution in [0.1, 0.15) is 27.2 Å². The fourth-order valence-corrected chi connectivity index (χ4v) is 1.57. The number of rotatable bonds is 7. The van der Waals surface area contributed by atoms with Gasteiger partial charge < -0.3 is 10.2 Å². The molecule has 0 aromatic rings. The molecule has 0 fully saturated rings. The van der Waals surface area contributed by atoms with Crippen LogP contribution < -0.4 is 5.32 Å². The van der Waals surface area contributed by atoms with E-state index >= 15 is 0 Å². The van der Waals surface area contributed by atoms with Crippen molar-refractivity contribution in [3.63, 3.8) is 0 Å². The molecule has 2 nitrogen and oxygen atoms in total. The van der Waals surface area contributed by atoms with Crippen molar-refractivity contribution >= 4 is 0 Å². The number of nitrogens with zero attached hydrogens (tertiary/aromatic N) is 1. The third-order valence-corrected chi connectivity index (χ3v) is 2.53. The molecular weight excluding hydrogens is 217 g/mol. The van der Waals surface area contributed by atoms with Crippen LogP contribution in [0.15, 0.2) is 0 Å². The molecule has 5 heteroatoms. The van der Waals surface area contributed by atoms with E-state index in [9.17, 15) is 13.2 Å². The van der Waals surface area contributed by atoms with Crippen molar-refractivity contribution < 1.29 is 13.2 Å². The van der Waals surface area contributed by atoms with E-state index in [0.29, 0.717) is 25.0 Å². The Hall–Kier alpha value is -0.290. The Balaban J connectivity index is 3.61. The Kier molecular flexibility index (Phi) is 6.99. The molecular formula is C11H23F3N2. The maximum absolute atomic E-state index is 11.8. The van der Waals surface area contributed by atoms with Gasteiger partial charge in [0, 0.05) is 19.1 Å². The lowest BCUT2D eigenvalue weighted by Crippen LogP contribution is -2.38. The van der Waals surface area contributed by atoms with Crippen LogP contribution in [0.2, 0.25) is 0 Å². The highest BCUT2D eigenvalue weighted by molar-refractivity contribution is 4.66. The highest BCUT2D eigenvalue weighted by Gasteiger charge is 2.26. The molecule has 0 spiro atoms. The highest BCUT2D eigenvalue weighted by Crippen LogP contribution is 2.12. The number of likely N-dealkylation sites (N-methyl/N-ethyl adjacent to an activating group) is 1. The normalized spacial score (nSPS) is 14.8. The Morgan fingerprint density at radius 3 is 2.19 bits per heavy atom. The summed E-state index contributed by atoms with van der Waals surface area (Å²) in [6.07, 6.45) is -3.04. The number of halogens is 3. The van der Waals surface area contributed by atoms with E-state index in [1.165, 1.54) is 0 Å². The molecule has 0 radical (unpaired) electrons. The first kappa shape index (κ1) is 15.7. The van der Waals surface area contributed by atoms with Gasteiger partial charge in [0.25, 0.3) is 0 Å². The number of hydrogen-bond acceptors (Lipinski definition) is 2. The van der Waals surface area contributed by atoms with E-state index in [1.54, 1.807) is 0 Å². The van der Waals surface area contributed by atoms with Gasteiger partial charge in [-0.15, -0.1) is 0 Å². The van der Waals surface area contributed by atoms with Crippen molar-refractivity contribution in [3.05, 3.63) is 0 Å². The summed E-state index contributed by atoms with van der Waals surface area (Å²) in [6.45, 7) is 6.50. The summed E-state index contributed by atoms with van der Waals surface area (Å²) in [5.41, 5.74) is 0. The summed E-state index contributed by atoms with van der Waals surface area (Å²) in [7, 11) is 1.95. The average molecular weight is 240 g/mol. The van der Waals surface area contributed by atoms with Gasteiger partial charge in [-0.25, -0.2) is 0 Å². The summed E-state index contributed by atoms with van der Waals surface area (Å²) in [4.78, 5) is 2.09.